The van der Waals surface area contributed by atoms with Crippen LogP contribution in [0.3, 0.4) is 0 Å². The lowest BCUT2D eigenvalue weighted by Crippen LogP contribution is -2.32. The molecule has 0 spiro atoms. The number of aromatic nitrogens is 2. The third-order valence-electron chi connectivity index (χ3n) is 4.36. The van der Waals surface area contributed by atoms with E-state index in [1.54, 1.807) is 6.21 Å². The molecule has 2 N–H and O–H groups in total. The molecule has 0 fully saturated rings. The second-order valence-corrected chi connectivity index (χ2v) is 8.03. The second kappa shape index (κ2) is 9.92. The van der Waals surface area contributed by atoms with E-state index in [0.717, 1.165) is 29.0 Å². The Morgan fingerprint density at radius 3 is 2.52 bits per heavy atom. The standard InChI is InChI=1S/C23H19N5OS2/c29-23-26-21(28-13-7-10-18(16-28)14-17-8-3-1-4-9-17)20(31-23)15-24-27-22(30)25-19-11-5-2-6-12-19/h1-13,15-16H,14H2,(H2-,24,25,26,27,29,30). The minimum absolute atomic E-state index is 0.158. The van der Waals surface area contributed by atoms with Gasteiger partial charge in [0.1, 0.15) is 4.88 Å². The van der Waals surface area contributed by atoms with E-state index in [9.17, 15) is 4.79 Å². The first-order valence-corrected chi connectivity index (χ1v) is 10.8. The smallest absolute Gasteiger partial charge is 0.390 e. The fraction of sp³-hybridized carbons (Fsp3) is 0.0435. The van der Waals surface area contributed by atoms with Crippen molar-refractivity contribution < 1.29 is 4.57 Å². The van der Waals surface area contributed by atoms with Crippen LogP contribution in [0.5, 0.6) is 0 Å². The number of amidine groups is 1. The zero-order valence-corrected chi connectivity index (χ0v) is 18.1. The summed E-state index contributed by atoms with van der Waals surface area (Å²) in [6, 6.07) is 23.7. The van der Waals surface area contributed by atoms with Crippen LogP contribution in [0.2, 0.25) is 0 Å². The molecule has 0 unspecified atom stereocenters. The Labute approximate surface area is 189 Å². The Morgan fingerprint density at radius 2 is 1.74 bits per heavy atom. The number of H-pyrrole nitrogens is 1. The molecule has 0 aliphatic rings. The highest BCUT2D eigenvalue weighted by molar-refractivity contribution is 7.77. The number of nitrogens with one attached hydrogen (secondary N) is 2. The van der Waals surface area contributed by atoms with Crippen LogP contribution in [-0.4, -0.2) is 16.4 Å². The van der Waals surface area contributed by atoms with Crippen LogP contribution in [0.15, 0.2) is 100 Å². The normalized spacial score (nSPS) is 11.7. The van der Waals surface area contributed by atoms with E-state index < -0.39 is 0 Å². The highest BCUT2D eigenvalue weighted by Gasteiger charge is 2.16. The molecule has 8 heteroatoms. The van der Waals surface area contributed by atoms with Crippen molar-refractivity contribution in [2.75, 3.05) is 0 Å². The average molecular weight is 446 g/mol. The van der Waals surface area contributed by atoms with Crippen LogP contribution in [0.1, 0.15) is 16.0 Å². The first kappa shape index (κ1) is 20.6. The van der Waals surface area contributed by atoms with Crippen molar-refractivity contribution in [3.8, 4) is 5.82 Å². The SMILES string of the molecule is O=c1[nH]c(-[n+]2cccc(Cc3ccccc3)c2)c(/C=N\NC([S-])=Nc2ccccc2)s1. The lowest BCUT2D eigenvalue weighted by atomic mass is 10.1. The molecule has 0 aliphatic carbocycles. The van der Waals surface area contributed by atoms with Crippen LogP contribution in [-0.2, 0) is 19.0 Å². The van der Waals surface area contributed by atoms with Gasteiger partial charge in [-0.3, -0.25) is 10.4 Å². The molecule has 0 radical (unpaired) electrons. The molecule has 4 aromatic rings. The number of thiazole rings is 1. The topological polar surface area (TPSA) is 73.5 Å². The van der Waals surface area contributed by atoms with E-state index in [2.05, 4.69) is 38.7 Å². The van der Waals surface area contributed by atoms with Gasteiger partial charge >= 0.3 is 10.7 Å². The zero-order chi connectivity index (χ0) is 21.5. The van der Waals surface area contributed by atoms with Crippen molar-refractivity contribution in [3.63, 3.8) is 0 Å². The van der Waals surface area contributed by atoms with Gasteiger partial charge in [-0.05, 0) is 40.7 Å². The molecule has 31 heavy (non-hydrogen) atoms. The van der Waals surface area contributed by atoms with Gasteiger partial charge in [0, 0.05) is 11.6 Å². The molecule has 0 atom stereocenters. The highest BCUT2D eigenvalue weighted by atomic mass is 32.1. The minimum atomic E-state index is -0.158. The average Bonchev–Trinajstić information content (AvgIpc) is 3.16. The van der Waals surface area contributed by atoms with Gasteiger partial charge in [0.2, 0.25) is 0 Å². The maximum absolute atomic E-state index is 12.0. The maximum atomic E-state index is 12.0. The van der Waals surface area contributed by atoms with E-state index in [1.807, 2.05) is 71.6 Å². The molecule has 0 aliphatic heterocycles. The number of hydrazone groups is 1. The molecular weight excluding hydrogens is 426 g/mol. The Morgan fingerprint density at radius 1 is 1.03 bits per heavy atom. The van der Waals surface area contributed by atoms with Crippen molar-refractivity contribution in [1.82, 2.24) is 10.4 Å². The molecule has 0 bridgehead atoms. The van der Waals surface area contributed by atoms with Gasteiger partial charge in [-0.15, -0.1) is 0 Å². The van der Waals surface area contributed by atoms with Crippen LogP contribution >= 0.6 is 11.3 Å². The number of hydrogen-bond donors (Lipinski definition) is 2. The number of aliphatic imine (C=N–C) groups is 1. The molecule has 2 aromatic carbocycles. The summed E-state index contributed by atoms with van der Waals surface area (Å²) in [5, 5.41) is 4.40. The summed E-state index contributed by atoms with van der Waals surface area (Å²) in [6.45, 7) is 0. The summed E-state index contributed by atoms with van der Waals surface area (Å²) in [5.74, 6) is 0.654. The monoisotopic (exact) mass is 445 g/mol. The van der Waals surface area contributed by atoms with Crippen LogP contribution in [0, 0.1) is 0 Å². The third kappa shape index (κ3) is 5.71. The fourth-order valence-electron chi connectivity index (χ4n) is 3.00. The summed E-state index contributed by atoms with van der Waals surface area (Å²) in [4.78, 5) is 19.7. The first-order valence-electron chi connectivity index (χ1n) is 9.55. The largest absolute Gasteiger partial charge is 0.741 e. The predicted octanol–water partition coefficient (Wildman–Crippen LogP) is 3.46. The van der Waals surface area contributed by atoms with Gasteiger partial charge < -0.3 is 12.6 Å². The summed E-state index contributed by atoms with van der Waals surface area (Å²) in [7, 11) is 0. The van der Waals surface area contributed by atoms with Crippen molar-refractivity contribution >= 4 is 41.0 Å². The van der Waals surface area contributed by atoms with E-state index in [-0.39, 0.29) is 10.0 Å². The highest BCUT2D eigenvalue weighted by Crippen LogP contribution is 2.11. The third-order valence-corrected chi connectivity index (χ3v) is 5.35. The number of pyridine rings is 1. The van der Waals surface area contributed by atoms with E-state index >= 15 is 0 Å². The number of aromatic amines is 1. The van der Waals surface area contributed by atoms with E-state index in [4.69, 9.17) is 12.6 Å². The number of nitrogens with zero attached hydrogens (tertiary/aromatic N) is 3. The number of para-hydroxylation sites is 1. The number of rotatable bonds is 6. The zero-order valence-electron chi connectivity index (χ0n) is 16.4. The number of benzene rings is 2. The summed E-state index contributed by atoms with van der Waals surface area (Å²) in [5.41, 5.74) is 5.82. The van der Waals surface area contributed by atoms with Crippen LogP contribution in [0.25, 0.3) is 5.82 Å². The molecule has 2 aromatic heterocycles. The van der Waals surface area contributed by atoms with E-state index in [0.29, 0.717) is 10.7 Å². The molecule has 2 heterocycles. The molecule has 6 nitrogen and oxygen atoms in total. The molecule has 0 saturated heterocycles. The summed E-state index contributed by atoms with van der Waals surface area (Å²) < 4.78 is 1.89. The predicted molar refractivity (Wildman–Crippen MR) is 127 cm³/mol. The Bertz CT molecular complexity index is 1260. The second-order valence-electron chi connectivity index (χ2n) is 6.63. The van der Waals surface area contributed by atoms with E-state index in [1.165, 1.54) is 5.56 Å². The molecular formula is C23H19N5OS2. The van der Waals surface area contributed by atoms with Crippen molar-refractivity contribution in [3.05, 3.63) is 111 Å². The van der Waals surface area contributed by atoms with Crippen molar-refractivity contribution in [2.45, 2.75) is 6.42 Å². The Balaban J connectivity index is 1.52. The van der Waals surface area contributed by atoms with Gasteiger partial charge in [0.05, 0.1) is 24.3 Å². The Hall–Kier alpha value is -3.62. The Kier molecular flexibility index (Phi) is 6.61. The van der Waals surface area contributed by atoms with Crippen molar-refractivity contribution in [2.24, 2.45) is 10.1 Å². The molecule has 0 amide bonds. The lowest BCUT2D eigenvalue weighted by molar-refractivity contribution is -0.599. The van der Waals surface area contributed by atoms with Crippen LogP contribution < -0.4 is 14.9 Å². The van der Waals surface area contributed by atoms with Gasteiger partial charge in [-0.25, -0.2) is 9.36 Å². The van der Waals surface area contributed by atoms with Crippen LogP contribution in [0.4, 0.5) is 5.69 Å². The summed E-state index contributed by atoms with van der Waals surface area (Å²) >= 11 is 6.28. The van der Waals surface area contributed by atoms with Crippen molar-refractivity contribution in [1.29, 1.82) is 0 Å². The minimum Gasteiger partial charge on any atom is -0.741 e. The van der Waals surface area contributed by atoms with Gasteiger partial charge in [0.25, 0.3) is 0 Å². The quantitative estimate of drug-likeness (QED) is 0.157. The van der Waals surface area contributed by atoms with Gasteiger partial charge in [-0.2, -0.15) is 10.1 Å². The van der Waals surface area contributed by atoms with Gasteiger partial charge in [-0.1, -0.05) is 54.6 Å². The maximum Gasteiger partial charge on any atom is 0.390 e. The summed E-state index contributed by atoms with van der Waals surface area (Å²) in [6.07, 6.45) is 6.27. The molecule has 4 rings (SSSR count). The lowest BCUT2D eigenvalue weighted by Gasteiger charge is -2.09. The fourth-order valence-corrected chi connectivity index (χ4v) is 3.87. The number of hydrogen-bond acceptors (Lipinski definition) is 5. The first-order chi connectivity index (χ1) is 15.2. The molecule has 154 valence electrons. The van der Waals surface area contributed by atoms with Gasteiger partial charge in [0.15, 0.2) is 0 Å². The molecule has 0 saturated carbocycles.